The van der Waals surface area contributed by atoms with E-state index in [1.165, 1.54) is 0 Å². The Hall–Kier alpha value is -3.41. The van der Waals surface area contributed by atoms with Crippen LogP contribution in [0.2, 0.25) is 0 Å². The van der Waals surface area contributed by atoms with Gasteiger partial charge in [-0.3, -0.25) is 19.2 Å². The number of aliphatic hydroxyl groups is 1. The van der Waals surface area contributed by atoms with E-state index < -0.39 is 49.6 Å². The highest BCUT2D eigenvalue weighted by molar-refractivity contribution is 5.85. The number of carboxylic acids is 4. The number of nitrogens with one attached hydrogen (secondary N) is 1. The number of amidine groups is 1. The molecular formula is C19H26N2O10. The minimum atomic E-state index is -1.36. The van der Waals surface area contributed by atoms with Gasteiger partial charge in [0.2, 0.25) is 0 Å². The molecule has 0 amide bonds. The first-order valence-corrected chi connectivity index (χ1v) is 9.55. The molecule has 0 radical (unpaired) electrons. The summed E-state index contributed by atoms with van der Waals surface area (Å²) >= 11 is 0. The van der Waals surface area contributed by atoms with Gasteiger partial charge in [-0.05, 0) is 30.4 Å². The molecule has 0 aromatic heterocycles. The van der Waals surface area contributed by atoms with Crippen molar-refractivity contribution in [2.24, 2.45) is 4.99 Å². The fraction of sp³-hybridized carbons (Fsp3) is 0.526. The summed E-state index contributed by atoms with van der Waals surface area (Å²) in [5.74, 6) is -5.36. The lowest BCUT2D eigenvalue weighted by molar-refractivity contribution is -0.138. The molecule has 0 fully saturated rings. The van der Waals surface area contributed by atoms with Crippen molar-refractivity contribution in [3.05, 3.63) is 22.5 Å². The summed E-state index contributed by atoms with van der Waals surface area (Å²) in [5, 5.41) is 48.3. The predicted octanol–water partition coefficient (Wildman–Crippen LogP) is 0.922. The zero-order valence-corrected chi connectivity index (χ0v) is 16.8. The number of aliphatic imine (C=N–C) groups is 1. The quantitative estimate of drug-likeness (QED) is 0.209. The van der Waals surface area contributed by atoms with Gasteiger partial charge >= 0.3 is 23.9 Å². The van der Waals surface area contributed by atoms with Crippen LogP contribution in [-0.2, 0) is 23.9 Å². The molecular weight excluding hydrogens is 416 g/mol. The molecule has 12 heteroatoms. The van der Waals surface area contributed by atoms with Crippen LogP contribution in [0.1, 0.15) is 51.4 Å². The van der Waals surface area contributed by atoms with Gasteiger partial charge in [0.05, 0.1) is 38.0 Å². The van der Waals surface area contributed by atoms with Gasteiger partial charge in [-0.25, -0.2) is 4.99 Å². The average molecular weight is 442 g/mol. The lowest BCUT2D eigenvalue weighted by Crippen LogP contribution is -2.28. The SMILES string of the molecule is O=C(O)CC1=C(CC(=O)O)C(CC(=O)O)=C(CC(=O)O)NC(OCCCCCCO)=N1. The highest BCUT2D eigenvalue weighted by Gasteiger charge is 2.27. The summed E-state index contributed by atoms with van der Waals surface area (Å²) in [5.41, 5.74) is -0.693. The summed E-state index contributed by atoms with van der Waals surface area (Å²) in [6.45, 7) is 0.209. The Kier molecular flexibility index (Phi) is 10.8. The molecule has 0 saturated carbocycles. The first-order chi connectivity index (χ1) is 14.6. The number of hydrogen-bond donors (Lipinski definition) is 6. The van der Waals surface area contributed by atoms with Gasteiger partial charge in [0.1, 0.15) is 0 Å². The van der Waals surface area contributed by atoms with Crippen LogP contribution >= 0.6 is 0 Å². The van der Waals surface area contributed by atoms with Crippen molar-refractivity contribution in [3.8, 4) is 0 Å². The van der Waals surface area contributed by atoms with Gasteiger partial charge < -0.3 is 35.6 Å². The number of aliphatic hydroxyl groups excluding tert-OH is 1. The van der Waals surface area contributed by atoms with Crippen molar-refractivity contribution < 1.29 is 49.4 Å². The number of unbranched alkanes of at least 4 members (excludes halogenated alkanes) is 3. The lowest BCUT2D eigenvalue weighted by atomic mass is 9.93. The number of hydrogen-bond acceptors (Lipinski definition) is 8. The predicted molar refractivity (Wildman–Crippen MR) is 105 cm³/mol. The second-order valence-corrected chi connectivity index (χ2v) is 6.69. The summed E-state index contributed by atoms with van der Waals surface area (Å²) < 4.78 is 5.50. The third kappa shape index (κ3) is 9.76. The first-order valence-electron chi connectivity index (χ1n) is 9.55. The molecule has 1 aliphatic heterocycles. The zero-order chi connectivity index (χ0) is 23.4. The topological polar surface area (TPSA) is 203 Å². The van der Waals surface area contributed by atoms with Gasteiger partial charge in [0, 0.05) is 12.3 Å². The zero-order valence-electron chi connectivity index (χ0n) is 16.8. The molecule has 0 aliphatic carbocycles. The fourth-order valence-corrected chi connectivity index (χ4v) is 2.90. The number of rotatable bonds is 14. The standard InChI is InChI=1S/C19H26N2O10/c22-5-3-1-2-4-6-31-19-20-13(9-17(27)28)11(7-15(23)24)12(8-16(25)26)14(21-19)10-18(29)30/h22H,1-10H2,(H,20,21)(H,23,24)(H,25,26)(H,27,28)(H,29,30). The normalized spacial score (nSPS) is 13.9. The molecule has 1 rings (SSSR count). The van der Waals surface area contributed by atoms with E-state index in [0.717, 1.165) is 12.8 Å². The van der Waals surface area contributed by atoms with Crippen LogP contribution < -0.4 is 5.32 Å². The largest absolute Gasteiger partial charge is 0.481 e. The molecule has 0 aromatic rings. The summed E-state index contributed by atoms with van der Waals surface area (Å²) in [4.78, 5) is 49.4. The van der Waals surface area contributed by atoms with E-state index in [2.05, 4.69) is 10.3 Å². The number of nitrogens with zero attached hydrogens (tertiary/aromatic N) is 1. The minimum absolute atomic E-state index is 0.0700. The Balaban J connectivity index is 3.37. The average Bonchev–Trinajstić information content (AvgIpc) is 2.75. The van der Waals surface area contributed by atoms with Crippen LogP contribution in [-0.4, -0.2) is 68.6 Å². The second-order valence-electron chi connectivity index (χ2n) is 6.69. The molecule has 0 unspecified atom stereocenters. The van der Waals surface area contributed by atoms with E-state index in [4.69, 9.17) is 9.84 Å². The van der Waals surface area contributed by atoms with E-state index in [1.54, 1.807) is 0 Å². The van der Waals surface area contributed by atoms with Gasteiger partial charge in [0.15, 0.2) is 0 Å². The van der Waals surface area contributed by atoms with Crippen molar-refractivity contribution in [3.63, 3.8) is 0 Å². The van der Waals surface area contributed by atoms with Crippen LogP contribution in [0.4, 0.5) is 0 Å². The lowest BCUT2D eigenvalue weighted by Gasteiger charge is -2.15. The molecule has 12 nitrogen and oxygen atoms in total. The third-order valence-electron chi connectivity index (χ3n) is 4.17. The van der Waals surface area contributed by atoms with Gasteiger partial charge in [-0.1, -0.05) is 6.42 Å². The van der Waals surface area contributed by atoms with Crippen LogP contribution in [0.5, 0.6) is 0 Å². The van der Waals surface area contributed by atoms with E-state index in [1.807, 2.05) is 0 Å². The summed E-state index contributed by atoms with van der Waals surface area (Å²) in [6.07, 6.45) is -0.160. The van der Waals surface area contributed by atoms with Crippen LogP contribution in [0.3, 0.4) is 0 Å². The molecule has 0 aromatic carbocycles. The summed E-state index contributed by atoms with van der Waals surface area (Å²) in [6, 6.07) is -0.238. The maximum absolute atomic E-state index is 11.4. The maximum atomic E-state index is 11.4. The van der Waals surface area contributed by atoms with Gasteiger partial charge in [0.25, 0.3) is 6.02 Å². The van der Waals surface area contributed by atoms with Gasteiger partial charge in [-0.2, -0.15) is 0 Å². The highest BCUT2D eigenvalue weighted by atomic mass is 16.5. The molecule has 1 aliphatic rings. The Morgan fingerprint density at radius 3 is 1.84 bits per heavy atom. The van der Waals surface area contributed by atoms with E-state index in [0.29, 0.717) is 12.8 Å². The van der Waals surface area contributed by atoms with Crippen molar-refractivity contribution in [1.82, 2.24) is 5.32 Å². The monoisotopic (exact) mass is 442 g/mol. The Morgan fingerprint density at radius 1 is 0.742 bits per heavy atom. The van der Waals surface area contributed by atoms with Crippen molar-refractivity contribution in [2.45, 2.75) is 51.4 Å². The number of ether oxygens (including phenoxy) is 1. The first kappa shape index (κ1) is 25.6. The van der Waals surface area contributed by atoms with Crippen LogP contribution in [0.25, 0.3) is 0 Å². The second kappa shape index (κ2) is 13.0. The molecule has 0 saturated heterocycles. The maximum Gasteiger partial charge on any atom is 0.309 e. The number of carboxylic acid groups (broad SMARTS) is 4. The minimum Gasteiger partial charge on any atom is -0.481 e. The van der Waals surface area contributed by atoms with Crippen LogP contribution in [0.15, 0.2) is 27.5 Å². The van der Waals surface area contributed by atoms with Crippen molar-refractivity contribution in [2.75, 3.05) is 13.2 Å². The molecule has 31 heavy (non-hydrogen) atoms. The molecule has 0 atom stereocenters. The molecule has 6 N–H and O–H groups in total. The Labute approximate surface area is 177 Å². The molecule has 0 spiro atoms. The van der Waals surface area contributed by atoms with E-state index in [-0.39, 0.29) is 41.8 Å². The Morgan fingerprint density at radius 2 is 1.29 bits per heavy atom. The third-order valence-corrected chi connectivity index (χ3v) is 4.17. The highest BCUT2D eigenvalue weighted by Crippen LogP contribution is 2.30. The summed E-state index contributed by atoms with van der Waals surface area (Å²) in [7, 11) is 0. The fourth-order valence-electron chi connectivity index (χ4n) is 2.90. The van der Waals surface area contributed by atoms with Crippen molar-refractivity contribution >= 4 is 29.9 Å². The number of aliphatic carboxylic acids is 4. The van der Waals surface area contributed by atoms with E-state index in [9.17, 15) is 39.6 Å². The smallest absolute Gasteiger partial charge is 0.309 e. The molecule has 1 heterocycles. The van der Waals surface area contributed by atoms with E-state index >= 15 is 0 Å². The Bertz CT molecular complexity index is 798. The van der Waals surface area contributed by atoms with Crippen LogP contribution in [0, 0.1) is 0 Å². The number of carbonyl (C=O) groups is 4. The molecule has 172 valence electrons. The van der Waals surface area contributed by atoms with Gasteiger partial charge in [-0.15, -0.1) is 0 Å². The van der Waals surface area contributed by atoms with Crippen molar-refractivity contribution in [1.29, 1.82) is 0 Å². The molecule has 0 bridgehead atoms.